The molecule has 0 aromatic heterocycles. The third kappa shape index (κ3) is 5.79. The van der Waals surface area contributed by atoms with Crippen molar-refractivity contribution in [3.05, 3.63) is 54.3 Å². The van der Waals surface area contributed by atoms with Gasteiger partial charge in [-0.15, -0.1) is 0 Å². The zero-order valence-corrected chi connectivity index (χ0v) is 15.7. The van der Waals surface area contributed by atoms with Gasteiger partial charge in [-0.25, -0.2) is 4.39 Å². The number of hydrogen-bond donors (Lipinski definition) is 3. The van der Waals surface area contributed by atoms with Crippen LogP contribution in [0.3, 0.4) is 0 Å². The molecule has 27 heavy (non-hydrogen) atoms. The van der Waals surface area contributed by atoms with Crippen LogP contribution in [0.2, 0.25) is 0 Å². The van der Waals surface area contributed by atoms with E-state index in [1.54, 1.807) is 50.4 Å². The number of hydrogen-bond acceptors (Lipinski definition) is 3. The first-order chi connectivity index (χ1) is 12.9. The summed E-state index contributed by atoms with van der Waals surface area (Å²) >= 11 is 0. The molecule has 0 saturated heterocycles. The first-order valence-electron chi connectivity index (χ1n) is 8.78. The quantitative estimate of drug-likeness (QED) is 0.659. The lowest BCUT2D eigenvalue weighted by Gasteiger charge is -2.23. The predicted octanol–water partition coefficient (Wildman–Crippen LogP) is 1.70. The van der Waals surface area contributed by atoms with Gasteiger partial charge in [0.05, 0.1) is 19.3 Å². The first-order valence-corrected chi connectivity index (χ1v) is 8.78. The number of para-hydroxylation sites is 1. The molecule has 6 nitrogen and oxygen atoms in total. The summed E-state index contributed by atoms with van der Waals surface area (Å²) in [6.45, 7) is 4.30. The minimum Gasteiger partial charge on any atom is -0.497 e. The Bertz CT molecular complexity index is 780. The number of quaternary nitrogens is 1. The van der Waals surface area contributed by atoms with Gasteiger partial charge in [-0.1, -0.05) is 12.1 Å². The Morgan fingerprint density at radius 3 is 2.37 bits per heavy atom. The Hall–Kier alpha value is -2.93. The Balaban J connectivity index is 1.94. The molecule has 0 aliphatic carbocycles. The summed E-state index contributed by atoms with van der Waals surface area (Å²) in [5, 5.41) is 5.38. The Morgan fingerprint density at radius 2 is 1.78 bits per heavy atom. The number of ether oxygens (including phenoxy) is 1. The van der Waals surface area contributed by atoms with Crippen LogP contribution >= 0.6 is 0 Å². The average molecular weight is 374 g/mol. The van der Waals surface area contributed by atoms with E-state index in [9.17, 15) is 14.0 Å². The highest BCUT2D eigenvalue weighted by Gasteiger charge is 2.26. The molecule has 0 radical (unpaired) electrons. The third-order valence-electron chi connectivity index (χ3n) is 4.35. The number of benzene rings is 2. The van der Waals surface area contributed by atoms with Gasteiger partial charge in [0.15, 0.2) is 12.6 Å². The van der Waals surface area contributed by atoms with E-state index < -0.39 is 11.9 Å². The molecular weight excluding hydrogens is 349 g/mol. The maximum absolute atomic E-state index is 13.7. The monoisotopic (exact) mass is 374 g/mol. The van der Waals surface area contributed by atoms with Crippen LogP contribution in [0, 0.1) is 5.82 Å². The summed E-state index contributed by atoms with van der Waals surface area (Å²) in [5.41, 5.74) is 0.784. The molecule has 0 saturated carbocycles. The van der Waals surface area contributed by atoms with Gasteiger partial charge >= 0.3 is 0 Å². The third-order valence-corrected chi connectivity index (χ3v) is 4.35. The van der Waals surface area contributed by atoms with Crippen LogP contribution in [0.25, 0.3) is 0 Å². The van der Waals surface area contributed by atoms with Gasteiger partial charge < -0.3 is 20.3 Å². The van der Waals surface area contributed by atoms with E-state index in [1.165, 1.54) is 12.1 Å². The van der Waals surface area contributed by atoms with Crippen molar-refractivity contribution in [2.24, 2.45) is 0 Å². The average Bonchev–Trinajstić information content (AvgIpc) is 2.68. The van der Waals surface area contributed by atoms with E-state index in [0.29, 0.717) is 18.0 Å². The number of nitrogens with one attached hydrogen (secondary N) is 3. The second-order valence-corrected chi connectivity index (χ2v) is 6.16. The molecule has 7 heteroatoms. The zero-order valence-electron chi connectivity index (χ0n) is 15.7. The number of anilines is 2. The molecule has 2 amide bonds. The molecule has 2 rings (SSSR count). The lowest BCUT2D eigenvalue weighted by molar-refractivity contribution is -0.904. The van der Waals surface area contributed by atoms with Crippen LogP contribution in [0.4, 0.5) is 15.8 Å². The van der Waals surface area contributed by atoms with Gasteiger partial charge in [-0.05, 0) is 50.2 Å². The number of rotatable bonds is 8. The molecule has 0 heterocycles. The second-order valence-electron chi connectivity index (χ2n) is 6.16. The van der Waals surface area contributed by atoms with Crippen molar-refractivity contribution in [3.8, 4) is 5.75 Å². The Morgan fingerprint density at radius 1 is 1.11 bits per heavy atom. The fourth-order valence-electron chi connectivity index (χ4n) is 2.66. The first kappa shape index (κ1) is 20.4. The van der Waals surface area contributed by atoms with Crippen molar-refractivity contribution >= 4 is 23.2 Å². The number of carbonyl (C=O) groups is 2. The minimum absolute atomic E-state index is 0.119. The normalized spacial score (nSPS) is 12.7. The van der Waals surface area contributed by atoms with Gasteiger partial charge in [-0.2, -0.15) is 0 Å². The van der Waals surface area contributed by atoms with Crippen LogP contribution in [-0.2, 0) is 9.59 Å². The lowest BCUT2D eigenvalue weighted by atomic mass is 10.2. The lowest BCUT2D eigenvalue weighted by Crippen LogP contribution is -3.17. The van der Waals surface area contributed by atoms with Crippen LogP contribution in [0.1, 0.15) is 13.8 Å². The molecule has 2 aromatic rings. The van der Waals surface area contributed by atoms with Gasteiger partial charge in [0.2, 0.25) is 0 Å². The molecule has 2 aromatic carbocycles. The fourth-order valence-corrected chi connectivity index (χ4v) is 2.66. The highest BCUT2D eigenvalue weighted by Crippen LogP contribution is 2.14. The van der Waals surface area contributed by atoms with Crippen LogP contribution < -0.4 is 20.3 Å². The van der Waals surface area contributed by atoms with Crippen LogP contribution in [0.15, 0.2) is 48.5 Å². The van der Waals surface area contributed by atoms with E-state index >= 15 is 0 Å². The second kappa shape index (κ2) is 9.68. The van der Waals surface area contributed by atoms with Gasteiger partial charge in [-0.3, -0.25) is 9.59 Å². The molecule has 144 valence electrons. The Kier molecular flexibility index (Phi) is 7.31. The standard InChI is InChI=1S/C20H24FN3O3/c1-4-24(13-19(25)22-15-9-11-16(27-3)12-10-15)14(2)20(26)23-18-8-6-5-7-17(18)21/h5-12,14H,4,13H2,1-3H3,(H,22,25)(H,23,26)/p+1/t14-/m0/s1. The van der Waals surface area contributed by atoms with E-state index in [-0.39, 0.29) is 24.0 Å². The summed E-state index contributed by atoms with van der Waals surface area (Å²) in [5.74, 6) is -0.336. The maximum atomic E-state index is 13.7. The minimum atomic E-state index is -0.517. The Labute approximate surface area is 158 Å². The summed E-state index contributed by atoms with van der Waals surface area (Å²) in [6.07, 6.45) is 0. The predicted molar refractivity (Wildman–Crippen MR) is 102 cm³/mol. The van der Waals surface area contributed by atoms with Gasteiger partial charge in [0.25, 0.3) is 11.8 Å². The van der Waals surface area contributed by atoms with Crippen molar-refractivity contribution in [1.82, 2.24) is 0 Å². The van der Waals surface area contributed by atoms with E-state index in [1.807, 2.05) is 6.92 Å². The SMILES string of the molecule is CC[NH+](CC(=O)Nc1ccc(OC)cc1)[C@@H](C)C(=O)Nc1ccccc1F. The molecule has 1 unspecified atom stereocenters. The summed E-state index contributed by atoms with van der Waals surface area (Å²) in [7, 11) is 1.57. The van der Waals surface area contributed by atoms with Crippen molar-refractivity contribution in [2.45, 2.75) is 19.9 Å². The van der Waals surface area contributed by atoms with E-state index in [0.717, 1.165) is 4.90 Å². The summed E-state index contributed by atoms with van der Waals surface area (Å²) in [4.78, 5) is 25.5. The highest BCUT2D eigenvalue weighted by molar-refractivity contribution is 5.94. The fraction of sp³-hybridized carbons (Fsp3) is 0.300. The number of methoxy groups -OCH3 is 1. The largest absolute Gasteiger partial charge is 0.497 e. The molecule has 0 bridgehead atoms. The molecule has 2 atom stereocenters. The van der Waals surface area contributed by atoms with Crippen molar-refractivity contribution in [2.75, 3.05) is 30.8 Å². The van der Waals surface area contributed by atoms with Crippen molar-refractivity contribution < 1.29 is 23.6 Å². The molecule has 3 N–H and O–H groups in total. The van der Waals surface area contributed by atoms with Crippen molar-refractivity contribution in [3.63, 3.8) is 0 Å². The smallest absolute Gasteiger partial charge is 0.282 e. The molecule has 0 aliphatic rings. The van der Waals surface area contributed by atoms with Gasteiger partial charge in [0, 0.05) is 5.69 Å². The van der Waals surface area contributed by atoms with Gasteiger partial charge in [0.1, 0.15) is 11.6 Å². The topological polar surface area (TPSA) is 71.9 Å². The number of carbonyl (C=O) groups excluding carboxylic acids is 2. The number of halogens is 1. The molecular formula is C20H25FN3O3+. The van der Waals surface area contributed by atoms with Crippen LogP contribution in [0.5, 0.6) is 5.75 Å². The maximum Gasteiger partial charge on any atom is 0.282 e. The molecule has 0 spiro atoms. The van der Waals surface area contributed by atoms with E-state index in [2.05, 4.69) is 10.6 Å². The molecule has 0 fully saturated rings. The highest BCUT2D eigenvalue weighted by atomic mass is 19.1. The number of likely N-dealkylation sites (N-methyl/N-ethyl adjacent to an activating group) is 1. The summed E-state index contributed by atoms with van der Waals surface area (Å²) < 4.78 is 18.8. The van der Waals surface area contributed by atoms with Crippen LogP contribution in [-0.4, -0.2) is 38.1 Å². The zero-order chi connectivity index (χ0) is 19.8. The van der Waals surface area contributed by atoms with Crippen molar-refractivity contribution in [1.29, 1.82) is 0 Å². The number of amides is 2. The summed E-state index contributed by atoms with van der Waals surface area (Å²) in [6, 6.07) is 12.5. The van der Waals surface area contributed by atoms with E-state index in [4.69, 9.17) is 4.74 Å². The molecule has 0 aliphatic heterocycles.